The van der Waals surface area contributed by atoms with Crippen LogP contribution in [-0.4, -0.2) is 30.7 Å². The highest BCUT2D eigenvalue weighted by Crippen LogP contribution is 2.19. The smallest absolute Gasteiger partial charge is 0.355 e. The Morgan fingerprint density at radius 3 is 2.65 bits per heavy atom. The zero-order chi connectivity index (χ0) is 12.8. The molecule has 0 fully saturated rings. The zero-order valence-corrected chi connectivity index (χ0v) is 11.3. The third-order valence-electron chi connectivity index (χ3n) is 2.30. The normalized spacial score (nSPS) is 10.1. The summed E-state index contributed by atoms with van der Waals surface area (Å²) in [5.74, 6) is -0.657. The van der Waals surface area contributed by atoms with Gasteiger partial charge in [-0.2, -0.15) is 0 Å². The molecule has 0 saturated carbocycles. The number of hydrogen-bond donors (Lipinski definition) is 0. The van der Waals surface area contributed by atoms with Gasteiger partial charge in [0.05, 0.1) is 18.7 Å². The lowest BCUT2D eigenvalue weighted by molar-refractivity contribution is -0.140. The lowest BCUT2D eigenvalue weighted by atomic mass is 10.3. The van der Waals surface area contributed by atoms with Crippen LogP contribution in [0.4, 0.5) is 0 Å². The van der Waals surface area contributed by atoms with Crippen LogP contribution in [-0.2, 0) is 20.8 Å². The molecule has 0 bridgehead atoms. The molecule has 0 unspecified atom stereocenters. The van der Waals surface area contributed by atoms with Gasteiger partial charge >= 0.3 is 11.9 Å². The van der Waals surface area contributed by atoms with Crippen LogP contribution in [0.3, 0.4) is 0 Å². The summed E-state index contributed by atoms with van der Waals surface area (Å²) in [6.45, 7) is 0.561. The van der Waals surface area contributed by atoms with E-state index in [2.05, 4.69) is 25.4 Å². The Morgan fingerprint density at radius 2 is 2.06 bits per heavy atom. The molecule has 0 aliphatic rings. The predicted molar refractivity (Wildman–Crippen MR) is 64.7 cm³/mol. The Hall–Kier alpha value is -1.30. The van der Waals surface area contributed by atoms with Gasteiger partial charge in [-0.1, -0.05) is 0 Å². The molecule has 0 saturated heterocycles. The van der Waals surface area contributed by atoms with Crippen molar-refractivity contribution in [3.8, 4) is 0 Å². The van der Waals surface area contributed by atoms with Crippen LogP contribution < -0.4 is 0 Å². The molecule has 0 atom stereocenters. The highest BCUT2D eigenvalue weighted by Gasteiger charge is 2.16. The average molecular weight is 304 g/mol. The van der Waals surface area contributed by atoms with Crippen molar-refractivity contribution in [1.29, 1.82) is 0 Å². The number of carbonyl (C=O) groups is 2. The van der Waals surface area contributed by atoms with Crippen molar-refractivity contribution in [2.75, 3.05) is 14.2 Å². The number of halogens is 1. The van der Waals surface area contributed by atoms with Crippen LogP contribution in [0.2, 0.25) is 0 Å². The Balaban J connectivity index is 2.65. The first-order valence-corrected chi connectivity index (χ1v) is 5.89. The first-order chi connectivity index (χ1) is 8.10. The number of carbonyl (C=O) groups excluding carboxylic acids is 2. The highest BCUT2D eigenvalue weighted by molar-refractivity contribution is 9.10. The Bertz CT molecular complexity index is 414. The van der Waals surface area contributed by atoms with E-state index in [4.69, 9.17) is 0 Å². The maximum Gasteiger partial charge on any atom is 0.355 e. The standard InChI is InChI=1S/C11H14BrNO4/c1-16-9(14)4-3-6-13-7-5-8(12)10(13)11(15)17-2/h5,7H,3-4,6H2,1-2H3. The van der Waals surface area contributed by atoms with Gasteiger partial charge in [-0.25, -0.2) is 4.79 Å². The second-order valence-corrected chi connectivity index (χ2v) is 4.23. The van der Waals surface area contributed by atoms with Crippen LogP contribution in [0, 0.1) is 0 Å². The summed E-state index contributed by atoms with van der Waals surface area (Å²) in [5, 5.41) is 0. The van der Waals surface area contributed by atoms with Gasteiger partial charge in [-0.05, 0) is 28.4 Å². The first-order valence-electron chi connectivity index (χ1n) is 5.10. The summed E-state index contributed by atoms with van der Waals surface area (Å²) in [7, 11) is 2.69. The Labute approximate surface area is 108 Å². The van der Waals surface area contributed by atoms with E-state index in [1.165, 1.54) is 14.2 Å². The summed E-state index contributed by atoms with van der Waals surface area (Å²) in [6, 6.07) is 1.77. The number of nitrogens with zero attached hydrogens (tertiary/aromatic N) is 1. The highest BCUT2D eigenvalue weighted by atomic mass is 79.9. The fourth-order valence-electron chi connectivity index (χ4n) is 1.44. The molecule has 0 aliphatic heterocycles. The summed E-state index contributed by atoms with van der Waals surface area (Å²) in [6.07, 6.45) is 2.71. The van der Waals surface area contributed by atoms with Crippen molar-refractivity contribution in [2.45, 2.75) is 19.4 Å². The van der Waals surface area contributed by atoms with E-state index in [9.17, 15) is 9.59 Å². The number of methoxy groups -OCH3 is 2. The van der Waals surface area contributed by atoms with Crippen LogP contribution in [0.25, 0.3) is 0 Å². The van der Waals surface area contributed by atoms with Crippen molar-refractivity contribution in [2.24, 2.45) is 0 Å². The second-order valence-electron chi connectivity index (χ2n) is 3.38. The largest absolute Gasteiger partial charge is 0.469 e. The number of ether oxygens (including phenoxy) is 2. The lowest BCUT2D eigenvalue weighted by Gasteiger charge is -2.07. The molecule has 1 aromatic heterocycles. The first kappa shape index (κ1) is 13.8. The molecule has 17 heavy (non-hydrogen) atoms. The van der Waals surface area contributed by atoms with Crippen LogP contribution >= 0.6 is 15.9 Å². The Morgan fingerprint density at radius 1 is 1.35 bits per heavy atom. The molecular weight excluding hydrogens is 290 g/mol. The van der Waals surface area contributed by atoms with E-state index >= 15 is 0 Å². The van der Waals surface area contributed by atoms with Gasteiger partial charge in [-0.3, -0.25) is 4.79 Å². The van der Waals surface area contributed by atoms with Crippen molar-refractivity contribution in [3.63, 3.8) is 0 Å². The maximum absolute atomic E-state index is 11.5. The molecule has 1 heterocycles. The Kier molecular flexibility index (Phi) is 5.21. The van der Waals surface area contributed by atoms with Crippen LogP contribution in [0.5, 0.6) is 0 Å². The number of aryl methyl sites for hydroxylation is 1. The van der Waals surface area contributed by atoms with E-state index in [1.807, 2.05) is 0 Å². The van der Waals surface area contributed by atoms with Crippen molar-refractivity contribution >= 4 is 27.9 Å². The number of aromatic nitrogens is 1. The second kappa shape index (κ2) is 6.44. The fourth-order valence-corrected chi connectivity index (χ4v) is 1.95. The molecule has 5 nitrogen and oxygen atoms in total. The quantitative estimate of drug-likeness (QED) is 0.781. The summed E-state index contributed by atoms with van der Waals surface area (Å²) in [5.41, 5.74) is 0.456. The average Bonchev–Trinajstić information content (AvgIpc) is 2.69. The third kappa shape index (κ3) is 3.59. The minimum atomic E-state index is -0.403. The molecule has 1 rings (SSSR count). The zero-order valence-electron chi connectivity index (χ0n) is 9.73. The van der Waals surface area contributed by atoms with Gasteiger partial charge in [0, 0.05) is 19.2 Å². The maximum atomic E-state index is 11.5. The number of esters is 2. The van der Waals surface area contributed by atoms with Gasteiger partial charge in [0.1, 0.15) is 5.69 Å². The molecule has 0 aromatic carbocycles. The number of rotatable bonds is 5. The van der Waals surface area contributed by atoms with Gasteiger partial charge in [-0.15, -0.1) is 0 Å². The SMILES string of the molecule is COC(=O)CCCn1ccc(Br)c1C(=O)OC. The van der Waals surface area contributed by atoms with Crippen LogP contribution in [0.1, 0.15) is 23.3 Å². The minimum Gasteiger partial charge on any atom is -0.469 e. The summed E-state index contributed by atoms with van der Waals surface area (Å²) >= 11 is 3.28. The third-order valence-corrected chi connectivity index (χ3v) is 2.94. The topological polar surface area (TPSA) is 57.5 Å². The van der Waals surface area contributed by atoms with Gasteiger partial charge < -0.3 is 14.0 Å². The van der Waals surface area contributed by atoms with E-state index < -0.39 is 5.97 Å². The molecule has 94 valence electrons. The molecule has 0 N–H and O–H groups in total. The van der Waals surface area contributed by atoms with Crippen LogP contribution in [0.15, 0.2) is 16.7 Å². The molecule has 0 aliphatic carbocycles. The van der Waals surface area contributed by atoms with E-state index in [0.29, 0.717) is 29.6 Å². The van der Waals surface area contributed by atoms with Gasteiger partial charge in [0.25, 0.3) is 0 Å². The predicted octanol–water partition coefficient (Wildman–Crippen LogP) is 1.99. The molecule has 0 amide bonds. The number of hydrogen-bond acceptors (Lipinski definition) is 4. The van der Waals surface area contributed by atoms with Gasteiger partial charge in [0.15, 0.2) is 0 Å². The fraction of sp³-hybridized carbons (Fsp3) is 0.455. The van der Waals surface area contributed by atoms with Gasteiger partial charge in [0.2, 0.25) is 0 Å². The molecule has 6 heteroatoms. The van der Waals surface area contributed by atoms with Crippen molar-refractivity contribution < 1.29 is 19.1 Å². The minimum absolute atomic E-state index is 0.254. The monoisotopic (exact) mass is 303 g/mol. The van der Waals surface area contributed by atoms with E-state index in [0.717, 1.165) is 0 Å². The van der Waals surface area contributed by atoms with Crippen molar-refractivity contribution in [3.05, 3.63) is 22.4 Å². The summed E-state index contributed by atoms with van der Waals surface area (Å²) in [4.78, 5) is 22.5. The molecule has 1 aromatic rings. The van der Waals surface area contributed by atoms with E-state index in [1.54, 1.807) is 16.8 Å². The van der Waals surface area contributed by atoms with Crippen molar-refractivity contribution in [1.82, 2.24) is 4.57 Å². The molecule has 0 spiro atoms. The lowest BCUT2D eigenvalue weighted by Crippen LogP contribution is -2.12. The molecule has 0 radical (unpaired) electrons. The molecular formula is C11H14BrNO4. The summed E-state index contributed by atoms with van der Waals surface area (Å²) < 4.78 is 11.7. The van der Waals surface area contributed by atoms with E-state index in [-0.39, 0.29) is 5.97 Å².